The van der Waals surface area contributed by atoms with Crippen molar-refractivity contribution in [1.29, 1.82) is 0 Å². The molecule has 0 radical (unpaired) electrons. The van der Waals surface area contributed by atoms with Crippen LogP contribution >= 0.6 is 11.8 Å². The summed E-state index contributed by atoms with van der Waals surface area (Å²) in [6.45, 7) is 4.71. The highest BCUT2D eigenvalue weighted by Gasteiger charge is 2.18. The van der Waals surface area contributed by atoms with Gasteiger partial charge < -0.3 is 10.0 Å². The third-order valence-corrected chi connectivity index (χ3v) is 3.55. The Bertz CT molecular complexity index is 407. The molecule has 0 bridgehead atoms. The van der Waals surface area contributed by atoms with E-state index in [0.717, 1.165) is 11.3 Å². The molecule has 0 atom stereocenters. The Kier molecular flexibility index (Phi) is 6.95. The van der Waals surface area contributed by atoms with Crippen molar-refractivity contribution < 1.29 is 9.90 Å². The van der Waals surface area contributed by atoms with Crippen molar-refractivity contribution in [3.63, 3.8) is 0 Å². The van der Waals surface area contributed by atoms with E-state index in [1.165, 1.54) is 5.56 Å². The van der Waals surface area contributed by atoms with E-state index < -0.39 is 0 Å². The first kappa shape index (κ1) is 16.1. The largest absolute Gasteiger partial charge is 0.396 e. The molecule has 0 heterocycles. The molecule has 1 N–H and O–H groups in total. The van der Waals surface area contributed by atoms with Crippen molar-refractivity contribution in [2.24, 2.45) is 0 Å². The molecule has 0 aliphatic carbocycles. The Hall–Kier alpha value is -1.00. The van der Waals surface area contributed by atoms with Crippen LogP contribution in [-0.2, 0) is 5.75 Å². The number of rotatable bonds is 7. The van der Waals surface area contributed by atoms with E-state index in [0.29, 0.717) is 13.0 Å². The fourth-order valence-electron chi connectivity index (χ4n) is 1.96. The van der Waals surface area contributed by atoms with Gasteiger partial charge in [0.05, 0.1) is 0 Å². The van der Waals surface area contributed by atoms with Gasteiger partial charge in [-0.15, -0.1) is 0 Å². The van der Waals surface area contributed by atoms with Gasteiger partial charge in [-0.1, -0.05) is 12.1 Å². The molecule has 1 aromatic carbocycles. The maximum absolute atomic E-state index is 12.5. The van der Waals surface area contributed by atoms with E-state index in [2.05, 4.69) is 6.26 Å². The van der Waals surface area contributed by atoms with Crippen LogP contribution < -0.4 is 0 Å². The summed E-state index contributed by atoms with van der Waals surface area (Å²) >= 11 is 1.75. The second kappa shape index (κ2) is 8.23. The Morgan fingerprint density at radius 1 is 1.42 bits per heavy atom. The Morgan fingerprint density at radius 2 is 2.16 bits per heavy atom. The monoisotopic (exact) mass is 281 g/mol. The van der Waals surface area contributed by atoms with E-state index in [4.69, 9.17) is 5.11 Å². The van der Waals surface area contributed by atoms with Gasteiger partial charge in [0, 0.05) is 30.5 Å². The SMILES string of the molecule is CSCc1cccc(C(=O)N(CCCO)C(C)C)c1. The van der Waals surface area contributed by atoms with Crippen LogP contribution in [0.4, 0.5) is 0 Å². The van der Waals surface area contributed by atoms with Crippen LogP contribution in [0.3, 0.4) is 0 Å². The molecule has 0 fully saturated rings. The van der Waals surface area contributed by atoms with Crippen LogP contribution in [0.1, 0.15) is 36.2 Å². The van der Waals surface area contributed by atoms with Gasteiger partial charge in [0.15, 0.2) is 0 Å². The average Bonchev–Trinajstić information content (AvgIpc) is 2.39. The summed E-state index contributed by atoms with van der Waals surface area (Å²) in [5.74, 6) is 0.964. The summed E-state index contributed by atoms with van der Waals surface area (Å²) in [5.41, 5.74) is 1.91. The van der Waals surface area contributed by atoms with Gasteiger partial charge in [-0.25, -0.2) is 0 Å². The number of nitrogens with zero attached hydrogens (tertiary/aromatic N) is 1. The summed E-state index contributed by atoms with van der Waals surface area (Å²) < 4.78 is 0. The Balaban J connectivity index is 2.86. The van der Waals surface area contributed by atoms with Gasteiger partial charge >= 0.3 is 0 Å². The lowest BCUT2D eigenvalue weighted by Gasteiger charge is -2.26. The molecule has 0 aliphatic rings. The number of benzene rings is 1. The number of aliphatic hydroxyl groups is 1. The minimum absolute atomic E-state index is 0.0476. The molecule has 0 saturated heterocycles. The van der Waals surface area contributed by atoms with E-state index in [1.807, 2.05) is 43.0 Å². The predicted octanol–water partition coefficient (Wildman–Crippen LogP) is 2.78. The normalized spacial score (nSPS) is 10.8. The third-order valence-electron chi connectivity index (χ3n) is 2.93. The zero-order chi connectivity index (χ0) is 14.3. The molecule has 19 heavy (non-hydrogen) atoms. The highest BCUT2D eigenvalue weighted by atomic mass is 32.2. The summed E-state index contributed by atoms with van der Waals surface area (Å²) in [6, 6.07) is 7.95. The lowest BCUT2D eigenvalue weighted by atomic mass is 10.1. The van der Waals surface area contributed by atoms with Crippen LogP contribution in [-0.4, -0.2) is 41.4 Å². The molecule has 0 aromatic heterocycles. The Labute approximate surface area is 120 Å². The first-order valence-corrected chi connectivity index (χ1v) is 7.99. The lowest BCUT2D eigenvalue weighted by molar-refractivity contribution is 0.0693. The zero-order valence-corrected chi connectivity index (χ0v) is 12.7. The summed E-state index contributed by atoms with van der Waals surface area (Å²) in [6.07, 6.45) is 2.67. The van der Waals surface area contributed by atoms with Crippen LogP contribution in [0.25, 0.3) is 0 Å². The number of aliphatic hydroxyl groups excluding tert-OH is 1. The van der Waals surface area contributed by atoms with Crippen molar-refractivity contribution in [2.75, 3.05) is 19.4 Å². The molecule has 1 aromatic rings. The molecule has 0 spiro atoms. The number of carbonyl (C=O) groups is 1. The predicted molar refractivity (Wildman–Crippen MR) is 81.5 cm³/mol. The van der Waals surface area contributed by atoms with Gasteiger partial charge in [-0.2, -0.15) is 11.8 Å². The van der Waals surface area contributed by atoms with Crippen LogP contribution in [0.2, 0.25) is 0 Å². The molecule has 3 nitrogen and oxygen atoms in total. The molecule has 0 unspecified atom stereocenters. The molecule has 0 aliphatic heterocycles. The standard InChI is InChI=1S/C15H23NO2S/c1-12(2)16(8-5-9-17)15(18)14-7-4-6-13(10-14)11-19-3/h4,6-7,10,12,17H,5,8-9,11H2,1-3H3. The quantitative estimate of drug-likeness (QED) is 0.835. The summed E-state index contributed by atoms with van der Waals surface area (Å²) in [5, 5.41) is 8.92. The second-order valence-corrected chi connectivity index (χ2v) is 5.67. The highest BCUT2D eigenvalue weighted by molar-refractivity contribution is 7.97. The van der Waals surface area contributed by atoms with Crippen molar-refractivity contribution in [3.8, 4) is 0 Å². The smallest absolute Gasteiger partial charge is 0.254 e. The molecule has 106 valence electrons. The minimum Gasteiger partial charge on any atom is -0.396 e. The van der Waals surface area contributed by atoms with Gasteiger partial charge in [-0.05, 0) is 44.2 Å². The van der Waals surface area contributed by atoms with Crippen LogP contribution in [0.15, 0.2) is 24.3 Å². The number of hydrogen-bond acceptors (Lipinski definition) is 3. The molecular weight excluding hydrogens is 258 g/mol. The third kappa shape index (κ3) is 4.88. The molecule has 4 heteroatoms. The number of hydrogen-bond donors (Lipinski definition) is 1. The lowest BCUT2D eigenvalue weighted by Crippen LogP contribution is -2.38. The Morgan fingerprint density at radius 3 is 2.74 bits per heavy atom. The van der Waals surface area contributed by atoms with Crippen LogP contribution in [0.5, 0.6) is 0 Å². The number of thioether (sulfide) groups is 1. The van der Waals surface area contributed by atoms with Gasteiger partial charge in [0.1, 0.15) is 0 Å². The van der Waals surface area contributed by atoms with E-state index in [1.54, 1.807) is 11.8 Å². The maximum atomic E-state index is 12.5. The van der Waals surface area contributed by atoms with Crippen molar-refractivity contribution in [2.45, 2.75) is 32.1 Å². The fourth-order valence-corrected chi connectivity index (χ4v) is 2.47. The fraction of sp³-hybridized carbons (Fsp3) is 0.533. The number of amides is 1. The van der Waals surface area contributed by atoms with Crippen molar-refractivity contribution >= 4 is 17.7 Å². The van der Waals surface area contributed by atoms with Gasteiger partial charge in [-0.3, -0.25) is 4.79 Å². The first-order chi connectivity index (χ1) is 9.10. The maximum Gasteiger partial charge on any atom is 0.254 e. The van der Waals surface area contributed by atoms with Gasteiger partial charge in [0.25, 0.3) is 5.91 Å². The van der Waals surface area contributed by atoms with E-state index >= 15 is 0 Å². The minimum atomic E-state index is 0.0476. The molecule has 0 saturated carbocycles. The molecular formula is C15H23NO2S. The first-order valence-electron chi connectivity index (χ1n) is 6.59. The van der Waals surface area contributed by atoms with Crippen molar-refractivity contribution in [1.82, 2.24) is 4.90 Å². The van der Waals surface area contributed by atoms with Gasteiger partial charge in [0.2, 0.25) is 0 Å². The molecule has 1 rings (SSSR count). The average molecular weight is 281 g/mol. The molecule has 1 amide bonds. The van der Waals surface area contributed by atoms with E-state index in [-0.39, 0.29) is 18.6 Å². The highest BCUT2D eigenvalue weighted by Crippen LogP contribution is 2.14. The van der Waals surface area contributed by atoms with E-state index in [9.17, 15) is 4.79 Å². The van der Waals surface area contributed by atoms with Crippen molar-refractivity contribution in [3.05, 3.63) is 35.4 Å². The summed E-state index contributed by atoms with van der Waals surface area (Å²) in [7, 11) is 0. The topological polar surface area (TPSA) is 40.5 Å². The number of carbonyl (C=O) groups excluding carboxylic acids is 1. The summed E-state index contributed by atoms with van der Waals surface area (Å²) in [4.78, 5) is 14.3. The van der Waals surface area contributed by atoms with Crippen LogP contribution in [0, 0.1) is 0 Å². The second-order valence-electron chi connectivity index (χ2n) is 4.80. The zero-order valence-electron chi connectivity index (χ0n) is 11.9.